The van der Waals surface area contributed by atoms with Gasteiger partial charge in [0.2, 0.25) is 0 Å². The first-order valence-electron chi connectivity index (χ1n) is 6.38. The predicted octanol–water partition coefficient (Wildman–Crippen LogP) is 2.53. The zero-order valence-corrected chi connectivity index (χ0v) is 12.0. The summed E-state index contributed by atoms with van der Waals surface area (Å²) in [6.07, 6.45) is 2.48. The molecule has 1 aromatic carbocycles. The average Bonchev–Trinajstić information content (AvgIpc) is 2.81. The van der Waals surface area contributed by atoms with Crippen LogP contribution in [0.1, 0.15) is 12.0 Å². The first-order chi connectivity index (χ1) is 8.24. The molecule has 1 heterocycles. The number of hydrogen-bond acceptors (Lipinski definition) is 2. The van der Waals surface area contributed by atoms with Crippen molar-refractivity contribution in [1.82, 2.24) is 10.2 Å². The molecule has 0 amide bonds. The third kappa shape index (κ3) is 4.41. The van der Waals surface area contributed by atoms with Gasteiger partial charge >= 0.3 is 0 Å². The van der Waals surface area contributed by atoms with E-state index in [1.54, 1.807) is 0 Å². The van der Waals surface area contributed by atoms with Crippen LogP contribution in [0, 0.1) is 5.92 Å². The molecule has 0 spiro atoms. The molecule has 1 N–H and O–H groups in total. The van der Waals surface area contributed by atoms with Crippen molar-refractivity contribution in [2.24, 2.45) is 5.92 Å². The van der Waals surface area contributed by atoms with Crippen LogP contribution in [0.15, 0.2) is 28.7 Å². The summed E-state index contributed by atoms with van der Waals surface area (Å²) in [6.45, 7) is 4.77. The topological polar surface area (TPSA) is 15.3 Å². The van der Waals surface area contributed by atoms with Gasteiger partial charge in [0.15, 0.2) is 0 Å². The molecule has 1 saturated heterocycles. The molecular formula is C14H21BrN2. The van der Waals surface area contributed by atoms with Crippen LogP contribution in [0.25, 0.3) is 0 Å². The van der Waals surface area contributed by atoms with Crippen LogP contribution in [0.3, 0.4) is 0 Å². The van der Waals surface area contributed by atoms with E-state index in [1.807, 2.05) is 0 Å². The van der Waals surface area contributed by atoms with E-state index in [0.29, 0.717) is 0 Å². The highest BCUT2D eigenvalue weighted by Gasteiger charge is 2.15. The highest BCUT2D eigenvalue weighted by molar-refractivity contribution is 9.10. The highest BCUT2D eigenvalue weighted by atomic mass is 79.9. The average molecular weight is 297 g/mol. The zero-order chi connectivity index (χ0) is 12.1. The van der Waals surface area contributed by atoms with Gasteiger partial charge in [-0.1, -0.05) is 28.1 Å². The zero-order valence-electron chi connectivity index (χ0n) is 10.5. The maximum Gasteiger partial charge on any atom is 0.0175 e. The van der Waals surface area contributed by atoms with E-state index in [4.69, 9.17) is 0 Å². The Kier molecular flexibility index (Phi) is 5.01. The van der Waals surface area contributed by atoms with Crippen molar-refractivity contribution in [2.75, 3.05) is 33.2 Å². The van der Waals surface area contributed by atoms with Crippen LogP contribution in [-0.2, 0) is 6.42 Å². The Morgan fingerprint density at radius 3 is 2.76 bits per heavy atom. The molecule has 1 aromatic rings. The monoisotopic (exact) mass is 296 g/mol. The smallest absolute Gasteiger partial charge is 0.0175 e. The first-order valence-corrected chi connectivity index (χ1v) is 7.17. The minimum absolute atomic E-state index is 0.852. The molecule has 0 aliphatic carbocycles. The number of hydrogen-bond donors (Lipinski definition) is 1. The maximum absolute atomic E-state index is 3.47. The predicted molar refractivity (Wildman–Crippen MR) is 76.3 cm³/mol. The van der Waals surface area contributed by atoms with Gasteiger partial charge in [0.1, 0.15) is 0 Å². The number of nitrogens with one attached hydrogen (secondary N) is 1. The minimum Gasteiger partial charge on any atom is -0.316 e. The lowest BCUT2D eigenvalue weighted by molar-refractivity contribution is 0.288. The Morgan fingerprint density at radius 2 is 2.12 bits per heavy atom. The molecule has 1 aliphatic heterocycles. The van der Waals surface area contributed by atoms with Gasteiger partial charge in [-0.15, -0.1) is 0 Å². The van der Waals surface area contributed by atoms with E-state index in [1.165, 1.54) is 31.6 Å². The van der Waals surface area contributed by atoms with E-state index in [2.05, 4.69) is 57.5 Å². The highest BCUT2D eigenvalue weighted by Crippen LogP contribution is 2.12. The minimum atomic E-state index is 0.852. The Balaban J connectivity index is 1.71. The van der Waals surface area contributed by atoms with E-state index in [-0.39, 0.29) is 0 Å². The van der Waals surface area contributed by atoms with Crippen LogP contribution in [0.2, 0.25) is 0 Å². The molecule has 0 saturated carbocycles. The Labute approximate surface area is 113 Å². The van der Waals surface area contributed by atoms with Crippen LogP contribution in [-0.4, -0.2) is 38.1 Å². The largest absolute Gasteiger partial charge is 0.316 e. The summed E-state index contributed by atoms with van der Waals surface area (Å²) in [5.41, 5.74) is 1.42. The van der Waals surface area contributed by atoms with Crippen molar-refractivity contribution < 1.29 is 0 Å². The summed E-state index contributed by atoms with van der Waals surface area (Å²) < 4.78 is 1.16. The quantitative estimate of drug-likeness (QED) is 0.898. The molecule has 2 rings (SSSR count). The van der Waals surface area contributed by atoms with Gasteiger partial charge < -0.3 is 10.2 Å². The van der Waals surface area contributed by atoms with E-state index in [9.17, 15) is 0 Å². The number of halogens is 1. The summed E-state index contributed by atoms with van der Waals surface area (Å²) in [7, 11) is 2.23. The van der Waals surface area contributed by atoms with Gasteiger partial charge in [-0.05, 0) is 56.6 Å². The van der Waals surface area contributed by atoms with E-state index < -0.39 is 0 Å². The lowest BCUT2D eigenvalue weighted by Crippen LogP contribution is -2.28. The maximum atomic E-state index is 3.47. The van der Waals surface area contributed by atoms with E-state index in [0.717, 1.165) is 23.4 Å². The van der Waals surface area contributed by atoms with Crippen molar-refractivity contribution in [3.8, 4) is 0 Å². The molecule has 0 aromatic heterocycles. The first kappa shape index (κ1) is 13.1. The van der Waals surface area contributed by atoms with Crippen molar-refractivity contribution in [3.63, 3.8) is 0 Å². The molecule has 1 aliphatic rings. The second-order valence-corrected chi connectivity index (χ2v) is 5.91. The molecule has 3 heteroatoms. The molecular weight excluding hydrogens is 276 g/mol. The fourth-order valence-electron chi connectivity index (χ4n) is 2.37. The van der Waals surface area contributed by atoms with Crippen molar-refractivity contribution in [3.05, 3.63) is 34.3 Å². The fourth-order valence-corrected chi connectivity index (χ4v) is 2.64. The number of benzene rings is 1. The van der Waals surface area contributed by atoms with Crippen LogP contribution < -0.4 is 5.32 Å². The second-order valence-electron chi connectivity index (χ2n) is 5.00. The Bertz CT molecular complexity index is 331. The van der Waals surface area contributed by atoms with Crippen LogP contribution in [0.4, 0.5) is 0 Å². The Morgan fingerprint density at radius 1 is 1.35 bits per heavy atom. The standard InChI is InChI=1S/C14H21BrN2/c1-17(11-13-6-8-16-10-13)9-7-12-2-4-14(15)5-3-12/h2-5,13,16H,6-11H2,1H3. The fraction of sp³-hybridized carbons (Fsp3) is 0.571. The lowest BCUT2D eigenvalue weighted by atomic mass is 10.1. The number of rotatable bonds is 5. The number of nitrogens with zero attached hydrogens (tertiary/aromatic N) is 1. The van der Waals surface area contributed by atoms with Crippen molar-refractivity contribution in [1.29, 1.82) is 0 Å². The number of likely N-dealkylation sites (N-methyl/N-ethyl adjacent to an activating group) is 1. The summed E-state index contributed by atoms with van der Waals surface area (Å²) in [4.78, 5) is 2.46. The van der Waals surface area contributed by atoms with Gasteiger partial charge in [-0.2, -0.15) is 0 Å². The Hall–Kier alpha value is -0.380. The summed E-state index contributed by atoms with van der Waals surface area (Å²) in [5.74, 6) is 0.852. The molecule has 2 nitrogen and oxygen atoms in total. The van der Waals surface area contributed by atoms with Crippen LogP contribution in [0.5, 0.6) is 0 Å². The van der Waals surface area contributed by atoms with Gasteiger partial charge in [0.05, 0.1) is 0 Å². The SMILES string of the molecule is CN(CCc1ccc(Br)cc1)CC1CCNC1. The van der Waals surface area contributed by atoms with E-state index >= 15 is 0 Å². The van der Waals surface area contributed by atoms with Gasteiger partial charge in [-0.3, -0.25) is 0 Å². The van der Waals surface area contributed by atoms with Gasteiger partial charge in [0, 0.05) is 17.6 Å². The summed E-state index contributed by atoms with van der Waals surface area (Å²) >= 11 is 3.47. The molecule has 1 fully saturated rings. The van der Waals surface area contributed by atoms with Crippen molar-refractivity contribution in [2.45, 2.75) is 12.8 Å². The molecule has 0 radical (unpaired) electrons. The summed E-state index contributed by atoms with van der Waals surface area (Å²) in [5, 5.41) is 3.43. The molecule has 17 heavy (non-hydrogen) atoms. The lowest BCUT2D eigenvalue weighted by Gasteiger charge is -2.20. The second kappa shape index (κ2) is 6.53. The van der Waals surface area contributed by atoms with Crippen LogP contribution >= 0.6 is 15.9 Å². The third-order valence-corrected chi connectivity index (χ3v) is 3.96. The molecule has 94 valence electrons. The van der Waals surface area contributed by atoms with Crippen molar-refractivity contribution >= 4 is 15.9 Å². The molecule has 0 bridgehead atoms. The van der Waals surface area contributed by atoms with Gasteiger partial charge in [0.25, 0.3) is 0 Å². The molecule has 1 unspecified atom stereocenters. The third-order valence-electron chi connectivity index (χ3n) is 3.43. The normalized spacial score (nSPS) is 20.1. The molecule has 1 atom stereocenters. The van der Waals surface area contributed by atoms with Gasteiger partial charge in [-0.25, -0.2) is 0 Å². The summed E-state index contributed by atoms with van der Waals surface area (Å²) in [6, 6.07) is 8.65.